The van der Waals surface area contributed by atoms with E-state index in [1.54, 1.807) is 0 Å². The maximum Gasteiger partial charge on any atom is 0.108 e. The summed E-state index contributed by atoms with van der Waals surface area (Å²) in [6.45, 7) is 1.74. The van der Waals surface area contributed by atoms with Gasteiger partial charge in [0.05, 0.1) is 20.2 Å². The molecule has 0 aliphatic carbocycles. The number of ether oxygens (including phenoxy) is 1. The van der Waals surface area contributed by atoms with Crippen LogP contribution in [0.25, 0.3) is 0 Å². The third-order valence-electron chi connectivity index (χ3n) is 2.90. The highest BCUT2D eigenvalue weighted by molar-refractivity contribution is 5.29. The zero-order chi connectivity index (χ0) is 12.6. The number of quaternary nitrogens is 1. The molecule has 0 bridgehead atoms. The Kier molecular flexibility index (Phi) is 4.94. The lowest BCUT2D eigenvalue weighted by Gasteiger charge is -2.18. The summed E-state index contributed by atoms with van der Waals surface area (Å²) in [5.41, 5.74) is 2.42. The second kappa shape index (κ2) is 6.94. The van der Waals surface area contributed by atoms with Gasteiger partial charge in [-0.1, -0.05) is 60.7 Å². The zero-order valence-corrected chi connectivity index (χ0v) is 10.8. The Morgan fingerprint density at radius 3 is 1.83 bits per heavy atom. The van der Waals surface area contributed by atoms with E-state index >= 15 is 0 Å². The number of hydrogen-bond donors (Lipinski definition) is 1. The van der Waals surface area contributed by atoms with Crippen LogP contribution < -0.4 is 5.32 Å². The summed E-state index contributed by atoms with van der Waals surface area (Å²) in [7, 11) is 2.06. The lowest BCUT2D eigenvalue weighted by molar-refractivity contribution is -0.628. The van der Waals surface area contributed by atoms with Gasteiger partial charge in [0.1, 0.15) is 6.10 Å². The van der Waals surface area contributed by atoms with Gasteiger partial charge in [0.25, 0.3) is 0 Å². The van der Waals surface area contributed by atoms with Crippen LogP contribution in [0.2, 0.25) is 0 Å². The second-order valence-corrected chi connectivity index (χ2v) is 4.27. The van der Waals surface area contributed by atoms with Crippen LogP contribution in [0.15, 0.2) is 60.7 Å². The van der Waals surface area contributed by atoms with E-state index in [-0.39, 0.29) is 6.10 Å². The van der Waals surface area contributed by atoms with Gasteiger partial charge in [-0.15, -0.1) is 0 Å². The van der Waals surface area contributed by atoms with Gasteiger partial charge in [-0.05, 0) is 11.1 Å². The van der Waals surface area contributed by atoms with Crippen molar-refractivity contribution in [3.05, 3.63) is 71.8 Å². The molecule has 2 nitrogen and oxygen atoms in total. The first kappa shape index (κ1) is 12.8. The van der Waals surface area contributed by atoms with Crippen LogP contribution in [0.1, 0.15) is 17.2 Å². The zero-order valence-electron chi connectivity index (χ0n) is 10.8. The molecule has 0 saturated carbocycles. The lowest BCUT2D eigenvalue weighted by atomic mass is 10.0. The van der Waals surface area contributed by atoms with Gasteiger partial charge in [-0.2, -0.15) is 0 Å². The number of nitrogens with two attached hydrogens (primary N) is 1. The summed E-state index contributed by atoms with van der Waals surface area (Å²) in [6.07, 6.45) is 0.0346. The third-order valence-corrected chi connectivity index (χ3v) is 2.90. The predicted molar refractivity (Wildman–Crippen MR) is 73.4 cm³/mol. The van der Waals surface area contributed by atoms with Gasteiger partial charge in [0, 0.05) is 0 Å². The fraction of sp³-hybridized carbons (Fsp3) is 0.250. The molecule has 2 heteroatoms. The van der Waals surface area contributed by atoms with Crippen molar-refractivity contribution in [2.24, 2.45) is 0 Å². The molecule has 0 fully saturated rings. The largest absolute Gasteiger partial charge is 0.363 e. The van der Waals surface area contributed by atoms with E-state index in [1.165, 1.54) is 11.1 Å². The van der Waals surface area contributed by atoms with Crippen LogP contribution in [-0.2, 0) is 4.74 Å². The van der Waals surface area contributed by atoms with E-state index in [4.69, 9.17) is 4.74 Å². The Bertz CT molecular complexity index is 402. The molecule has 2 aromatic carbocycles. The molecule has 0 amide bonds. The fourth-order valence-electron chi connectivity index (χ4n) is 1.94. The monoisotopic (exact) mass is 242 g/mol. The van der Waals surface area contributed by atoms with Crippen molar-refractivity contribution in [2.45, 2.75) is 6.10 Å². The van der Waals surface area contributed by atoms with E-state index in [9.17, 15) is 0 Å². The first-order valence-electron chi connectivity index (χ1n) is 6.41. The molecule has 0 heterocycles. The summed E-state index contributed by atoms with van der Waals surface area (Å²) < 4.78 is 6.02. The average molecular weight is 242 g/mol. The van der Waals surface area contributed by atoms with Crippen LogP contribution in [0.5, 0.6) is 0 Å². The highest BCUT2D eigenvalue weighted by Crippen LogP contribution is 2.25. The molecule has 0 aliphatic rings. The maximum absolute atomic E-state index is 6.02. The van der Waals surface area contributed by atoms with Crippen molar-refractivity contribution in [2.75, 3.05) is 20.2 Å². The smallest absolute Gasteiger partial charge is 0.108 e. The molecule has 0 spiro atoms. The molecule has 0 saturated heterocycles. The van der Waals surface area contributed by atoms with Gasteiger partial charge < -0.3 is 10.1 Å². The molecular weight excluding hydrogens is 222 g/mol. The van der Waals surface area contributed by atoms with Crippen LogP contribution in [-0.4, -0.2) is 20.2 Å². The van der Waals surface area contributed by atoms with Crippen molar-refractivity contribution >= 4 is 0 Å². The van der Waals surface area contributed by atoms with E-state index in [2.05, 4.69) is 60.9 Å². The standard InChI is InChI=1S/C16H19NO/c1-17-12-13-18-16(14-8-4-2-5-9-14)15-10-6-3-7-11-15/h2-11,16-17H,12-13H2,1H3/p+1. The first-order valence-corrected chi connectivity index (χ1v) is 6.41. The SMILES string of the molecule is C[NH2+]CCOC(c1ccccc1)c1ccccc1. The second-order valence-electron chi connectivity index (χ2n) is 4.27. The predicted octanol–water partition coefficient (Wildman–Crippen LogP) is 1.99. The van der Waals surface area contributed by atoms with Gasteiger partial charge in [-0.3, -0.25) is 0 Å². The average Bonchev–Trinajstić information content (AvgIpc) is 2.46. The number of benzene rings is 2. The van der Waals surface area contributed by atoms with Crippen LogP contribution in [0.3, 0.4) is 0 Å². The van der Waals surface area contributed by atoms with E-state index in [0.717, 1.165) is 13.2 Å². The molecule has 0 atom stereocenters. The maximum atomic E-state index is 6.02. The molecule has 0 unspecified atom stereocenters. The Hall–Kier alpha value is -1.64. The molecule has 0 aliphatic heterocycles. The quantitative estimate of drug-likeness (QED) is 0.770. The Balaban J connectivity index is 2.18. The Morgan fingerprint density at radius 2 is 1.39 bits per heavy atom. The van der Waals surface area contributed by atoms with Gasteiger partial charge in [0.2, 0.25) is 0 Å². The Morgan fingerprint density at radius 1 is 0.889 bits per heavy atom. The van der Waals surface area contributed by atoms with Crippen molar-refractivity contribution < 1.29 is 10.1 Å². The number of rotatable bonds is 6. The highest BCUT2D eigenvalue weighted by Gasteiger charge is 2.13. The van der Waals surface area contributed by atoms with Crippen LogP contribution >= 0.6 is 0 Å². The van der Waals surface area contributed by atoms with Crippen molar-refractivity contribution in [1.82, 2.24) is 0 Å². The topological polar surface area (TPSA) is 25.8 Å². The van der Waals surface area contributed by atoms with E-state index < -0.39 is 0 Å². The minimum atomic E-state index is 0.0346. The normalized spacial score (nSPS) is 10.8. The molecule has 2 N–H and O–H groups in total. The summed E-state index contributed by atoms with van der Waals surface area (Å²) in [5.74, 6) is 0. The van der Waals surface area contributed by atoms with Gasteiger partial charge in [-0.25, -0.2) is 0 Å². The summed E-state index contributed by atoms with van der Waals surface area (Å²) in [4.78, 5) is 0. The third kappa shape index (κ3) is 3.42. The highest BCUT2D eigenvalue weighted by atomic mass is 16.5. The molecule has 0 aromatic heterocycles. The number of hydrogen-bond acceptors (Lipinski definition) is 1. The van der Waals surface area contributed by atoms with Crippen LogP contribution in [0, 0.1) is 0 Å². The molecule has 94 valence electrons. The van der Waals surface area contributed by atoms with Crippen molar-refractivity contribution in [3.8, 4) is 0 Å². The molecule has 0 radical (unpaired) electrons. The van der Waals surface area contributed by atoms with E-state index in [0.29, 0.717) is 0 Å². The summed E-state index contributed by atoms with van der Waals surface area (Å²) in [5, 5.41) is 2.13. The van der Waals surface area contributed by atoms with Crippen molar-refractivity contribution in [1.29, 1.82) is 0 Å². The lowest BCUT2D eigenvalue weighted by Crippen LogP contribution is -2.80. The van der Waals surface area contributed by atoms with Gasteiger partial charge in [0.15, 0.2) is 0 Å². The fourth-order valence-corrected chi connectivity index (χ4v) is 1.94. The molecular formula is C16H20NO+. The number of likely N-dealkylation sites (N-methyl/N-ethyl adjacent to an activating group) is 1. The molecule has 2 rings (SSSR count). The first-order chi connectivity index (χ1) is 8.92. The molecule has 2 aromatic rings. The van der Waals surface area contributed by atoms with Crippen molar-refractivity contribution in [3.63, 3.8) is 0 Å². The summed E-state index contributed by atoms with van der Waals surface area (Å²) in [6, 6.07) is 20.8. The van der Waals surface area contributed by atoms with Gasteiger partial charge >= 0.3 is 0 Å². The summed E-state index contributed by atoms with van der Waals surface area (Å²) >= 11 is 0. The molecule has 18 heavy (non-hydrogen) atoms. The Labute approximate surface area is 109 Å². The van der Waals surface area contributed by atoms with E-state index in [1.807, 2.05) is 12.1 Å². The van der Waals surface area contributed by atoms with Crippen LogP contribution in [0.4, 0.5) is 0 Å². The minimum Gasteiger partial charge on any atom is -0.363 e. The minimum absolute atomic E-state index is 0.0346.